The molecule has 3 nitrogen and oxygen atoms in total. The third kappa shape index (κ3) is 11.5. The SMILES string of the molecule is CC.CCC.CCc1ccc(NS(C)(=O)=O)cc1. The zero-order valence-corrected chi connectivity index (χ0v) is 13.3. The summed E-state index contributed by atoms with van der Waals surface area (Å²) in [6.07, 6.45) is 3.35. The van der Waals surface area contributed by atoms with E-state index in [0.717, 1.165) is 12.7 Å². The number of anilines is 1. The van der Waals surface area contributed by atoms with E-state index in [1.165, 1.54) is 12.0 Å². The Morgan fingerprint density at radius 1 is 1.00 bits per heavy atom. The van der Waals surface area contributed by atoms with Crippen molar-refractivity contribution in [2.24, 2.45) is 0 Å². The van der Waals surface area contributed by atoms with Crippen molar-refractivity contribution in [2.45, 2.75) is 47.5 Å². The molecule has 0 saturated carbocycles. The summed E-state index contributed by atoms with van der Waals surface area (Å²) in [6, 6.07) is 7.35. The molecule has 0 radical (unpaired) electrons. The fourth-order valence-electron chi connectivity index (χ4n) is 1.02. The molecule has 0 bridgehead atoms. The smallest absolute Gasteiger partial charge is 0.229 e. The maximum Gasteiger partial charge on any atom is 0.229 e. The Labute approximate surface area is 113 Å². The fourth-order valence-corrected chi connectivity index (χ4v) is 1.59. The number of nitrogens with one attached hydrogen (secondary N) is 1. The first-order valence-corrected chi connectivity index (χ1v) is 8.38. The highest BCUT2D eigenvalue weighted by Gasteiger charge is 2.00. The maximum absolute atomic E-state index is 10.8. The third-order valence-corrected chi connectivity index (χ3v) is 2.27. The zero-order chi connectivity index (χ0) is 14.6. The van der Waals surface area contributed by atoms with Crippen molar-refractivity contribution in [2.75, 3.05) is 11.0 Å². The molecule has 0 aliphatic heterocycles. The molecule has 0 atom stereocenters. The standard InChI is InChI=1S/C9H13NO2S.C3H8.C2H6/c1-3-8-4-6-9(7-5-8)10-13(2,11)12;1-3-2;1-2/h4-7,10H,3H2,1-2H3;3H2,1-2H3;1-2H3. The molecule has 0 saturated heterocycles. The molecule has 0 heterocycles. The van der Waals surface area contributed by atoms with Crippen molar-refractivity contribution in [3.05, 3.63) is 29.8 Å². The quantitative estimate of drug-likeness (QED) is 0.902. The van der Waals surface area contributed by atoms with E-state index < -0.39 is 10.0 Å². The molecule has 4 heteroatoms. The lowest BCUT2D eigenvalue weighted by molar-refractivity contribution is 0.607. The molecule has 0 aliphatic carbocycles. The van der Waals surface area contributed by atoms with E-state index >= 15 is 0 Å². The second kappa shape index (κ2) is 11.1. The summed E-state index contributed by atoms with van der Waals surface area (Å²) in [7, 11) is -3.15. The minimum absolute atomic E-state index is 0.611. The van der Waals surface area contributed by atoms with Crippen LogP contribution in [0.2, 0.25) is 0 Å². The van der Waals surface area contributed by atoms with Gasteiger partial charge in [0.25, 0.3) is 0 Å². The largest absolute Gasteiger partial charge is 0.284 e. The average molecular weight is 273 g/mol. The van der Waals surface area contributed by atoms with E-state index in [-0.39, 0.29) is 0 Å². The number of hydrogen-bond acceptors (Lipinski definition) is 2. The first kappa shape index (κ1) is 19.3. The van der Waals surface area contributed by atoms with Crippen molar-refractivity contribution in [3.63, 3.8) is 0 Å². The predicted octanol–water partition coefficient (Wildman–Crippen LogP) is 4.06. The fraction of sp³-hybridized carbons (Fsp3) is 0.571. The molecule has 1 aromatic rings. The Morgan fingerprint density at radius 3 is 1.67 bits per heavy atom. The number of aryl methyl sites for hydroxylation is 1. The molecule has 0 fully saturated rings. The van der Waals surface area contributed by atoms with Gasteiger partial charge in [-0.05, 0) is 24.1 Å². The first-order valence-electron chi connectivity index (χ1n) is 6.49. The van der Waals surface area contributed by atoms with Gasteiger partial charge < -0.3 is 0 Å². The minimum Gasteiger partial charge on any atom is -0.284 e. The Kier molecular flexibility index (Phi) is 11.9. The molecule has 1 N–H and O–H groups in total. The van der Waals surface area contributed by atoms with E-state index in [2.05, 4.69) is 25.5 Å². The van der Waals surface area contributed by atoms with Crippen LogP contribution in [0.25, 0.3) is 0 Å². The van der Waals surface area contributed by atoms with Crippen LogP contribution in [-0.2, 0) is 16.4 Å². The van der Waals surface area contributed by atoms with Gasteiger partial charge in [-0.1, -0.05) is 53.2 Å². The average Bonchev–Trinajstić information content (AvgIpc) is 2.32. The first-order chi connectivity index (χ1) is 8.42. The predicted molar refractivity (Wildman–Crippen MR) is 81.6 cm³/mol. The Balaban J connectivity index is 0. The number of benzene rings is 1. The molecule has 106 valence electrons. The highest BCUT2D eigenvalue weighted by atomic mass is 32.2. The molecular weight excluding hydrogens is 246 g/mol. The van der Waals surface area contributed by atoms with Crippen LogP contribution in [0.3, 0.4) is 0 Å². The minimum atomic E-state index is -3.15. The Hall–Kier alpha value is -1.03. The van der Waals surface area contributed by atoms with E-state index in [1.54, 1.807) is 12.1 Å². The lowest BCUT2D eigenvalue weighted by Crippen LogP contribution is -2.09. The van der Waals surface area contributed by atoms with Crippen molar-refractivity contribution < 1.29 is 8.42 Å². The summed E-state index contributed by atoms with van der Waals surface area (Å²) in [5.41, 5.74) is 1.80. The molecule has 0 amide bonds. The van der Waals surface area contributed by atoms with Crippen LogP contribution in [0.4, 0.5) is 5.69 Å². The molecule has 1 rings (SSSR count). The van der Waals surface area contributed by atoms with Gasteiger partial charge >= 0.3 is 0 Å². The monoisotopic (exact) mass is 273 g/mol. The number of sulfonamides is 1. The van der Waals surface area contributed by atoms with Crippen LogP contribution in [0.15, 0.2) is 24.3 Å². The Morgan fingerprint density at radius 2 is 1.39 bits per heavy atom. The van der Waals surface area contributed by atoms with Gasteiger partial charge in [0.05, 0.1) is 6.26 Å². The normalized spacial score (nSPS) is 9.44. The van der Waals surface area contributed by atoms with Crippen LogP contribution in [0, 0.1) is 0 Å². The summed E-state index contributed by atoms with van der Waals surface area (Å²) in [5, 5.41) is 0. The molecule has 0 unspecified atom stereocenters. The Bertz CT molecular complexity index is 383. The second-order valence-electron chi connectivity index (χ2n) is 3.63. The summed E-state index contributed by atoms with van der Waals surface area (Å²) in [5.74, 6) is 0. The molecule has 18 heavy (non-hydrogen) atoms. The third-order valence-electron chi connectivity index (χ3n) is 1.67. The molecule has 0 aromatic heterocycles. The van der Waals surface area contributed by atoms with Gasteiger partial charge in [0.1, 0.15) is 0 Å². The van der Waals surface area contributed by atoms with E-state index in [0.29, 0.717) is 5.69 Å². The topological polar surface area (TPSA) is 46.2 Å². The summed E-state index contributed by atoms with van der Waals surface area (Å²) >= 11 is 0. The lowest BCUT2D eigenvalue weighted by Gasteiger charge is -2.03. The van der Waals surface area contributed by atoms with Crippen LogP contribution in [0.5, 0.6) is 0 Å². The van der Waals surface area contributed by atoms with Crippen LogP contribution >= 0.6 is 0 Å². The van der Waals surface area contributed by atoms with Crippen LogP contribution < -0.4 is 4.72 Å². The lowest BCUT2D eigenvalue weighted by atomic mass is 10.2. The van der Waals surface area contributed by atoms with Gasteiger partial charge in [0.15, 0.2) is 0 Å². The highest BCUT2D eigenvalue weighted by molar-refractivity contribution is 7.92. The van der Waals surface area contributed by atoms with Gasteiger partial charge in [-0.3, -0.25) is 4.72 Å². The second-order valence-corrected chi connectivity index (χ2v) is 5.38. The number of rotatable bonds is 3. The molecule has 1 aromatic carbocycles. The summed E-state index contributed by atoms with van der Waals surface area (Å²) in [6.45, 7) is 10.3. The summed E-state index contributed by atoms with van der Waals surface area (Å²) in [4.78, 5) is 0. The van der Waals surface area contributed by atoms with Crippen LogP contribution in [0.1, 0.15) is 46.6 Å². The van der Waals surface area contributed by atoms with Gasteiger partial charge in [-0.25, -0.2) is 8.42 Å². The zero-order valence-electron chi connectivity index (χ0n) is 12.4. The van der Waals surface area contributed by atoms with Gasteiger partial charge in [-0.2, -0.15) is 0 Å². The van der Waals surface area contributed by atoms with Crippen molar-refractivity contribution in [1.82, 2.24) is 0 Å². The summed E-state index contributed by atoms with van der Waals surface area (Å²) < 4.78 is 24.1. The maximum atomic E-state index is 10.8. The van der Waals surface area contributed by atoms with Gasteiger partial charge in [0.2, 0.25) is 10.0 Å². The van der Waals surface area contributed by atoms with E-state index in [9.17, 15) is 8.42 Å². The van der Waals surface area contributed by atoms with E-state index in [4.69, 9.17) is 0 Å². The molecule has 0 aliphatic rings. The van der Waals surface area contributed by atoms with Crippen LogP contribution in [-0.4, -0.2) is 14.7 Å². The van der Waals surface area contributed by atoms with Crippen molar-refractivity contribution in [1.29, 1.82) is 0 Å². The number of hydrogen-bond donors (Lipinski definition) is 1. The van der Waals surface area contributed by atoms with Gasteiger partial charge in [0, 0.05) is 5.69 Å². The van der Waals surface area contributed by atoms with Gasteiger partial charge in [-0.15, -0.1) is 0 Å². The highest BCUT2D eigenvalue weighted by Crippen LogP contribution is 2.10. The van der Waals surface area contributed by atoms with Crippen molar-refractivity contribution >= 4 is 15.7 Å². The molecular formula is C14H27NO2S. The van der Waals surface area contributed by atoms with E-state index in [1.807, 2.05) is 26.0 Å². The molecule has 0 spiro atoms. The van der Waals surface area contributed by atoms with Crippen molar-refractivity contribution in [3.8, 4) is 0 Å².